The van der Waals surface area contributed by atoms with Gasteiger partial charge in [0.15, 0.2) is 0 Å². The number of benzene rings is 1. The molecule has 0 aromatic heterocycles. The van der Waals surface area contributed by atoms with Crippen LogP contribution in [0.5, 0.6) is 0 Å². The van der Waals surface area contributed by atoms with Crippen molar-refractivity contribution in [3.8, 4) is 0 Å². The first kappa shape index (κ1) is 11.0. The van der Waals surface area contributed by atoms with Crippen molar-refractivity contribution in [2.75, 3.05) is 24.6 Å². The number of aliphatic carboxylic acids is 1. The standard InChI is InChI=1S/C12H15NO3/c14-12(15)6-7-13(8-11-9-16-11)10-4-2-1-3-5-10/h1-5,11H,6-9H2,(H,14,15). The smallest absolute Gasteiger partial charge is 0.305 e. The normalized spacial score (nSPS) is 18.1. The molecule has 0 bridgehead atoms. The van der Waals surface area contributed by atoms with Gasteiger partial charge in [-0.25, -0.2) is 0 Å². The Morgan fingerprint density at radius 1 is 1.44 bits per heavy atom. The molecule has 1 aliphatic rings. The predicted molar refractivity (Wildman–Crippen MR) is 60.6 cm³/mol. The Morgan fingerprint density at radius 3 is 2.69 bits per heavy atom. The Labute approximate surface area is 94.4 Å². The van der Waals surface area contributed by atoms with Crippen LogP contribution < -0.4 is 4.90 Å². The molecule has 1 aromatic carbocycles. The first-order chi connectivity index (χ1) is 7.75. The van der Waals surface area contributed by atoms with Gasteiger partial charge >= 0.3 is 5.97 Å². The molecule has 1 aliphatic heterocycles. The number of epoxide rings is 1. The van der Waals surface area contributed by atoms with Gasteiger partial charge in [0.2, 0.25) is 0 Å². The molecule has 2 rings (SSSR count). The van der Waals surface area contributed by atoms with Crippen molar-refractivity contribution in [3.05, 3.63) is 30.3 Å². The molecule has 1 heterocycles. The maximum Gasteiger partial charge on any atom is 0.305 e. The van der Waals surface area contributed by atoms with Crippen molar-refractivity contribution >= 4 is 11.7 Å². The summed E-state index contributed by atoms with van der Waals surface area (Å²) in [5, 5.41) is 8.70. The first-order valence-corrected chi connectivity index (χ1v) is 5.39. The van der Waals surface area contributed by atoms with Crippen LogP contribution >= 0.6 is 0 Å². The minimum Gasteiger partial charge on any atom is -0.481 e. The zero-order chi connectivity index (χ0) is 11.4. The lowest BCUT2D eigenvalue weighted by molar-refractivity contribution is -0.136. The van der Waals surface area contributed by atoms with E-state index in [1.54, 1.807) is 0 Å². The Hall–Kier alpha value is -1.55. The summed E-state index contributed by atoms with van der Waals surface area (Å²) < 4.78 is 5.18. The van der Waals surface area contributed by atoms with Crippen LogP contribution in [-0.4, -0.2) is 36.9 Å². The monoisotopic (exact) mass is 221 g/mol. The number of nitrogens with zero attached hydrogens (tertiary/aromatic N) is 1. The summed E-state index contributed by atoms with van der Waals surface area (Å²) in [6.45, 7) is 2.09. The van der Waals surface area contributed by atoms with E-state index in [-0.39, 0.29) is 12.5 Å². The highest BCUT2D eigenvalue weighted by molar-refractivity contribution is 5.67. The number of anilines is 1. The summed E-state index contributed by atoms with van der Waals surface area (Å²) >= 11 is 0. The lowest BCUT2D eigenvalue weighted by atomic mass is 10.2. The predicted octanol–water partition coefficient (Wildman–Crippen LogP) is 1.37. The number of ether oxygens (including phenoxy) is 1. The van der Waals surface area contributed by atoms with Gasteiger partial charge in [-0.3, -0.25) is 4.79 Å². The van der Waals surface area contributed by atoms with Gasteiger partial charge in [-0.2, -0.15) is 0 Å². The molecule has 1 atom stereocenters. The maximum atomic E-state index is 10.6. The summed E-state index contributed by atoms with van der Waals surface area (Å²) in [7, 11) is 0. The SMILES string of the molecule is O=C(O)CCN(CC1CO1)c1ccccc1. The van der Waals surface area contributed by atoms with Crippen molar-refractivity contribution < 1.29 is 14.6 Å². The Kier molecular flexibility index (Phi) is 3.41. The Balaban J connectivity index is 1.98. The van der Waals surface area contributed by atoms with Crippen LogP contribution in [0.1, 0.15) is 6.42 Å². The Bertz CT molecular complexity index is 349. The molecule has 16 heavy (non-hydrogen) atoms. The van der Waals surface area contributed by atoms with Crippen LogP contribution in [0, 0.1) is 0 Å². The van der Waals surface area contributed by atoms with E-state index in [9.17, 15) is 4.79 Å². The van der Waals surface area contributed by atoms with Crippen molar-refractivity contribution in [2.24, 2.45) is 0 Å². The van der Waals surface area contributed by atoms with Crippen LogP contribution in [0.4, 0.5) is 5.69 Å². The van der Waals surface area contributed by atoms with Crippen LogP contribution in [0.2, 0.25) is 0 Å². The summed E-state index contributed by atoms with van der Waals surface area (Å²) in [4.78, 5) is 12.6. The summed E-state index contributed by atoms with van der Waals surface area (Å²) in [6, 6.07) is 9.84. The summed E-state index contributed by atoms with van der Waals surface area (Å²) in [5.74, 6) is -0.766. The molecule has 1 saturated heterocycles. The molecule has 0 amide bonds. The maximum absolute atomic E-state index is 10.6. The van der Waals surface area contributed by atoms with Gasteiger partial charge in [0.05, 0.1) is 19.1 Å². The lowest BCUT2D eigenvalue weighted by Crippen LogP contribution is -2.30. The van der Waals surface area contributed by atoms with Crippen LogP contribution in [0.25, 0.3) is 0 Å². The van der Waals surface area contributed by atoms with Crippen molar-refractivity contribution in [1.29, 1.82) is 0 Å². The minimum absolute atomic E-state index is 0.154. The van der Waals surface area contributed by atoms with Crippen LogP contribution in [0.15, 0.2) is 30.3 Å². The van der Waals surface area contributed by atoms with E-state index in [1.165, 1.54) is 0 Å². The highest BCUT2D eigenvalue weighted by Gasteiger charge is 2.25. The average molecular weight is 221 g/mol. The third-order valence-electron chi connectivity index (χ3n) is 2.54. The third kappa shape index (κ3) is 3.24. The number of carbonyl (C=O) groups is 1. The van der Waals surface area contributed by atoms with E-state index in [0.29, 0.717) is 6.54 Å². The van der Waals surface area contributed by atoms with E-state index < -0.39 is 5.97 Å². The third-order valence-corrected chi connectivity index (χ3v) is 2.54. The number of carboxylic acid groups (broad SMARTS) is 1. The molecule has 1 fully saturated rings. The van der Waals surface area contributed by atoms with Gasteiger partial charge in [0.25, 0.3) is 0 Å². The van der Waals surface area contributed by atoms with Gasteiger partial charge in [-0.05, 0) is 12.1 Å². The number of hydrogen-bond acceptors (Lipinski definition) is 3. The van der Waals surface area contributed by atoms with Crippen LogP contribution in [-0.2, 0) is 9.53 Å². The fourth-order valence-corrected chi connectivity index (χ4v) is 1.61. The molecule has 1 unspecified atom stereocenters. The fraction of sp³-hybridized carbons (Fsp3) is 0.417. The topological polar surface area (TPSA) is 53.1 Å². The van der Waals surface area contributed by atoms with Gasteiger partial charge < -0.3 is 14.7 Å². The van der Waals surface area contributed by atoms with E-state index in [2.05, 4.69) is 4.90 Å². The molecule has 1 aromatic rings. The number of rotatable bonds is 6. The molecular formula is C12H15NO3. The van der Waals surface area contributed by atoms with Gasteiger partial charge in [-0.15, -0.1) is 0 Å². The molecule has 86 valence electrons. The second-order valence-electron chi connectivity index (χ2n) is 3.88. The van der Waals surface area contributed by atoms with Crippen molar-refractivity contribution in [1.82, 2.24) is 0 Å². The molecule has 0 radical (unpaired) electrons. The zero-order valence-corrected chi connectivity index (χ0v) is 9.00. The van der Waals surface area contributed by atoms with E-state index in [0.717, 1.165) is 18.8 Å². The van der Waals surface area contributed by atoms with E-state index >= 15 is 0 Å². The first-order valence-electron chi connectivity index (χ1n) is 5.39. The summed E-state index contributed by atoms with van der Waals surface area (Å²) in [5.41, 5.74) is 1.05. The summed E-state index contributed by atoms with van der Waals surface area (Å²) in [6.07, 6.45) is 0.427. The molecule has 1 N–H and O–H groups in total. The van der Waals surface area contributed by atoms with Crippen LogP contribution in [0.3, 0.4) is 0 Å². The molecule has 0 aliphatic carbocycles. The number of carboxylic acids is 1. The van der Waals surface area contributed by atoms with E-state index in [1.807, 2.05) is 30.3 Å². The molecular weight excluding hydrogens is 206 g/mol. The van der Waals surface area contributed by atoms with Gasteiger partial charge in [0.1, 0.15) is 0 Å². The largest absolute Gasteiger partial charge is 0.481 e. The Morgan fingerprint density at radius 2 is 2.12 bits per heavy atom. The molecule has 4 nitrogen and oxygen atoms in total. The highest BCUT2D eigenvalue weighted by atomic mass is 16.6. The molecule has 4 heteroatoms. The number of hydrogen-bond donors (Lipinski definition) is 1. The highest BCUT2D eigenvalue weighted by Crippen LogP contribution is 2.18. The van der Waals surface area contributed by atoms with Gasteiger partial charge in [0, 0.05) is 18.8 Å². The van der Waals surface area contributed by atoms with Crippen molar-refractivity contribution in [3.63, 3.8) is 0 Å². The van der Waals surface area contributed by atoms with E-state index in [4.69, 9.17) is 9.84 Å². The average Bonchev–Trinajstić information content (AvgIpc) is 3.09. The molecule has 0 spiro atoms. The zero-order valence-electron chi connectivity index (χ0n) is 9.00. The van der Waals surface area contributed by atoms with Gasteiger partial charge in [-0.1, -0.05) is 18.2 Å². The second kappa shape index (κ2) is 4.99. The minimum atomic E-state index is -0.766. The van der Waals surface area contributed by atoms with Crippen molar-refractivity contribution in [2.45, 2.75) is 12.5 Å². The number of para-hydroxylation sites is 1. The quantitative estimate of drug-likeness (QED) is 0.737. The lowest BCUT2D eigenvalue weighted by Gasteiger charge is -2.23. The second-order valence-corrected chi connectivity index (χ2v) is 3.88. The molecule has 0 saturated carbocycles. The fourth-order valence-electron chi connectivity index (χ4n) is 1.61.